The van der Waals surface area contributed by atoms with Crippen molar-refractivity contribution in [2.24, 2.45) is 0 Å². The van der Waals surface area contributed by atoms with Crippen LogP contribution in [0, 0.1) is 5.82 Å². The molecular formula is C19H15Cl2FN4O. The first-order valence-corrected chi connectivity index (χ1v) is 9.15. The van der Waals surface area contributed by atoms with Crippen LogP contribution in [-0.4, -0.2) is 31.6 Å². The number of carbonyl (C=O) groups is 1. The van der Waals surface area contributed by atoms with Gasteiger partial charge in [-0.25, -0.2) is 4.39 Å². The van der Waals surface area contributed by atoms with Crippen LogP contribution in [0.3, 0.4) is 0 Å². The third kappa shape index (κ3) is 3.09. The summed E-state index contributed by atoms with van der Waals surface area (Å²) in [6, 6.07) is 11.3. The fourth-order valence-corrected chi connectivity index (χ4v) is 3.63. The van der Waals surface area contributed by atoms with E-state index in [2.05, 4.69) is 10.2 Å². The van der Waals surface area contributed by atoms with Crippen LogP contribution in [0.4, 0.5) is 4.39 Å². The van der Waals surface area contributed by atoms with E-state index in [1.165, 1.54) is 6.07 Å². The smallest absolute Gasteiger partial charge is 0.256 e. The molecule has 1 atom stereocenters. The van der Waals surface area contributed by atoms with Gasteiger partial charge in [-0.2, -0.15) is 0 Å². The first kappa shape index (κ1) is 17.9. The van der Waals surface area contributed by atoms with Gasteiger partial charge in [-0.1, -0.05) is 41.4 Å². The zero-order chi connectivity index (χ0) is 19.1. The number of fused-ring (bicyclic) bond motifs is 1. The Hall–Kier alpha value is -2.44. The molecule has 2 heterocycles. The van der Waals surface area contributed by atoms with E-state index in [0.29, 0.717) is 34.3 Å². The van der Waals surface area contributed by atoms with Gasteiger partial charge in [-0.05, 0) is 31.2 Å². The lowest BCUT2D eigenvalue weighted by Crippen LogP contribution is -2.45. The zero-order valence-electron chi connectivity index (χ0n) is 14.4. The highest BCUT2D eigenvalue weighted by Crippen LogP contribution is 2.30. The van der Waals surface area contributed by atoms with E-state index in [1.807, 2.05) is 11.5 Å². The van der Waals surface area contributed by atoms with E-state index >= 15 is 0 Å². The van der Waals surface area contributed by atoms with E-state index in [9.17, 15) is 9.18 Å². The number of rotatable bonds is 2. The van der Waals surface area contributed by atoms with Crippen molar-refractivity contribution < 1.29 is 9.18 Å². The van der Waals surface area contributed by atoms with Gasteiger partial charge in [0.15, 0.2) is 11.6 Å². The largest absolute Gasteiger partial charge is 0.327 e. The average Bonchev–Trinajstić information content (AvgIpc) is 3.05. The van der Waals surface area contributed by atoms with Crippen LogP contribution in [-0.2, 0) is 13.1 Å². The molecule has 138 valence electrons. The van der Waals surface area contributed by atoms with Crippen LogP contribution in [0.25, 0.3) is 11.4 Å². The lowest BCUT2D eigenvalue weighted by atomic mass is 10.1. The molecule has 0 spiro atoms. The van der Waals surface area contributed by atoms with E-state index in [0.717, 1.165) is 0 Å². The SMILES string of the molecule is CC1Cn2c(nnc2-c2ccccc2F)CN1C(=O)c1cccc(Cl)c1Cl. The Bertz CT molecular complexity index is 1040. The van der Waals surface area contributed by atoms with Crippen molar-refractivity contribution in [3.05, 3.63) is 69.7 Å². The maximum atomic E-state index is 14.2. The van der Waals surface area contributed by atoms with E-state index in [-0.39, 0.29) is 29.3 Å². The van der Waals surface area contributed by atoms with Crippen LogP contribution in [0.15, 0.2) is 42.5 Å². The van der Waals surface area contributed by atoms with Crippen LogP contribution >= 0.6 is 23.2 Å². The van der Waals surface area contributed by atoms with E-state index < -0.39 is 0 Å². The topological polar surface area (TPSA) is 51.0 Å². The lowest BCUT2D eigenvalue weighted by molar-refractivity contribution is 0.0612. The number of hydrogen-bond acceptors (Lipinski definition) is 3. The molecule has 1 aliphatic rings. The summed E-state index contributed by atoms with van der Waals surface area (Å²) < 4.78 is 16.0. The second-order valence-corrected chi connectivity index (χ2v) is 7.20. The summed E-state index contributed by atoms with van der Waals surface area (Å²) in [4.78, 5) is 14.7. The van der Waals surface area contributed by atoms with Crippen molar-refractivity contribution in [2.75, 3.05) is 0 Å². The highest BCUT2D eigenvalue weighted by Gasteiger charge is 2.32. The van der Waals surface area contributed by atoms with Crippen molar-refractivity contribution in [3.8, 4) is 11.4 Å². The summed E-state index contributed by atoms with van der Waals surface area (Å²) in [6.07, 6.45) is 0. The Kier molecular flexibility index (Phi) is 4.61. The van der Waals surface area contributed by atoms with Crippen molar-refractivity contribution in [1.82, 2.24) is 19.7 Å². The second-order valence-electron chi connectivity index (χ2n) is 6.41. The van der Waals surface area contributed by atoms with Crippen molar-refractivity contribution in [3.63, 3.8) is 0 Å². The van der Waals surface area contributed by atoms with Gasteiger partial charge >= 0.3 is 0 Å². The van der Waals surface area contributed by atoms with Gasteiger partial charge in [-0.15, -0.1) is 10.2 Å². The first-order valence-electron chi connectivity index (χ1n) is 8.39. The molecule has 2 aromatic carbocycles. The molecule has 0 radical (unpaired) electrons. The lowest BCUT2D eigenvalue weighted by Gasteiger charge is -2.34. The van der Waals surface area contributed by atoms with Crippen LogP contribution in [0.1, 0.15) is 23.1 Å². The molecule has 0 saturated heterocycles. The van der Waals surface area contributed by atoms with Gasteiger partial charge in [-0.3, -0.25) is 4.79 Å². The standard InChI is InChI=1S/C19H15Cl2FN4O/c1-11-9-26-16(23-24-18(26)12-5-2-3-8-15(12)22)10-25(11)19(27)13-6-4-7-14(20)17(13)21/h2-8,11H,9-10H2,1H3. The fraction of sp³-hybridized carbons (Fsp3) is 0.211. The Morgan fingerprint density at radius 1 is 1.15 bits per heavy atom. The van der Waals surface area contributed by atoms with Gasteiger partial charge < -0.3 is 9.47 Å². The average molecular weight is 405 g/mol. The monoisotopic (exact) mass is 404 g/mol. The molecule has 27 heavy (non-hydrogen) atoms. The number of benzene rings is 2. The summed E-state index contributed by atoms with van der Waals surface area (Å²) in [6.45, 7) is 2.63. The Morgan fingerprint density at radius 2 is 1.93 bits per heavy atom. The molecule has 4 rings (SSSR count). The van der Waals surface area contributed by atoms with Gasteiger partial charge in [0.1, 0.15) is 5.82 Å². The molecule has 0 bridgehead atoms. The molecule has 5 nitrogen and oxygen atoms in total. The molecule has 1 amide bonds. The van der Waals surface area contributed by atoms with Crippen molar-refractivity contribution in [2.45, 2.75) is 26.1 Å². The number of halogens is 3. The van der Waals surface area contributed by atoms with Crippen LogP contribution in [0.5, 0.6) is 0 Å². The van der Waals surface area contributed by atoms with Gasteiger partial charge in [0.05, 0.1) is 27.7 Å². The van der Waals surface area contributed by atoms with Gasteiger partial charge in [0, 0.05) is 12.6 Å². The predicted octanol–water partition coefficient (Wildman–Crippen LogP) is 4.44. The van der Waals surface area contributed by atoms with Gasteiger partial charge in [0.2, 0.25) is 0 Å². The first-order chi connectivity index (χ1) is 13.0. The highest BCUT2D eigenvalue weighted by molar-refractivity contribution is 6.43. The highest BCUT2D eigenvalue weighted by atomic mass is 35.5. The molecule has 8 heteroatoms. The minimum Gasteiger partial charge on any atom is -0.327 e. The van der Waals surface area contributed by atoms with E-state index in [1.54, 1.807) is 41.3 Å². The summed E-state index contributed by atoms with van der Waals surface area (Å²) >= 11 is 12.2. The molecule has 0 aliphatic carbocycles. The zero-order valence-corrected chi connectivity index (χ0v) is 15.9. The second kappa shape index (κ2) is 6.94. The van der Waals surface area contributed by atoms with E-state index in [4.69, 9.17) is 23.2 Å². The molecule has 1 unspecified atom stereocenters. The maximum absolute atomic E-state index is 14.2. The Labute approximate surface area is 165 Å². The Morgan fingerprint density at radius 3 is 2.70 bits per heavy atom. The molecular weight excluding hydrogens is 390 g/mol. The third-order valence-electron chi connectivity index (χ3n) is 4.68. The minimum absolute atomic E-state index is 0.151. The van der Waals surface area contributed by atoms with Crippen molar-refractivity contribution in [1.29, 1.82) is 0 Å². The minimum atomic E-state index is -0.357. The summed E-state index contributed by atoms with van der Waals surface area (Å²) in [5, 5.41) is 8.88. The number of amides is 1. The number of nitrogens with zero attached hydrogens (tertiary/aromatic N) is 4. The molecule has 0 saturated carbocycles. The fourth-order valence-electron chi connectivity index (χ4n) is 3.25. The third-order valence-corrected chi connectivity index (χ3v) is 5.49. The summed E-state index contributed by atoms with van der Waals surface area (Å²) in [5.74, 6) is 0.474. The number of hydrogen-bond donors (Lipinski definition) is 0. The molecule has 0 N–H and O–H groups in total. The maximum Gasteiger partial charge on any atom is 0.256 e. The van der Waals surface area contributed by atoms with Crippen LogP contribution < -0.4 is 0 Å². The van der Waals surface area contributed by atoms with Crippen LogP contribution in [0.2, 0.25) is 10.0 Å². The molecule has 1 aliphatic heterocycles. The number of aromatic nitrogens is 3. The quantitative estimate of drug-likeness (QED) is 0.634. The Balaban J connectivity index is 1.68. The predicted molar refractivity (Wildman–Crippen MR) is 101 cm³/mol. The normalized spacial score (nSPS) is 16.3. The summed E-state index contributed by atoms with van der Waals surface area (Å²) in [7, 11) is 0. The molecule has 0 fully saturated rings. The van der Waals surface area contributed by atoms with Crippen molar-refractivity contribution >= 4 is 29.1 Å². The molecule has 3 aromatic rings. The molecule has 1 aromatic heterocycles. The summed E-state index contributed by atoms with van der Waals surface area (Å²) in [5.41, 5.74) is 0.736. The number of carbonyl (C=O) groups excluding carboxylic acids is 1. The van der Waals surface area contributed by atoms with Gasteiger partial charge in [0.25, 0.3) is 5.91 Å².